The highest BCUT2D eigenvalue weighted by Crippen LogP contribution is 2.13. The molecule has 0 aliphatic carbocycles. The lowest BCUT2D eigenvalue weighted by atomic mass is 10.1. The Bertz CT molecular complexity index is 490. The van der Waals surface area contributed by atoms with Gasteiger partial charge in [-0.3, -0.25) is 0 Å². The summed E-state index contributed by atoms with van der Waals surface area (Å²) in [5, 5.41) is 4.68. The highest BCUT2D eigenvalue weighted by molar-refractivity contribution is 5.79. The average Bonchev–Trinajstić information content (AvgIpc) is 2.84. The van der Waals surface area contributed by atoms with Gasteiger partial charge in [-0.25, -0.2) is 0 Å². The van der Waals surface area contributed by atoms with E-state index in [1.54, 1.807) is 0 Å². The highest BCUT2D eigenvalue weighted by Gasteiger charge is 1.97. The normalized spacial score (nSPS) is 11.5. The summed E-state index contributed by atoms with van der Waals surface area (Å²) in [4.78, 5) is 3.21. The van der Waals surface area contributed by atoms with Crippen LogP contribution in [0.5, 0.6) is 0 Å². The maximum atomic E-state index is 5.57. The van der Waals surface area contributed by atoms with Gasteiger partial charge in [0.15, 0.2) is 0 Å². The Morgan fingerprint density at radius 2 is 2.11 bits per heavy atom. The number of aromatic amines is 1. The Balaban J connectivity index is 1.62. The van der Waals surface area contributed by atoms with Gasteiger partial charge >= 0.3 is 0 Å². The molecule has 3 heteroatoms. The molecule has 1 aromatic carbocycles. The van der Waals surface area contributed by atoms with Crippen LogP contribution in [0.15, 0.2) is 30.5 Å². The third-order valence-electron chi connectivity index (χ3n) is 3.21. The smallest absolute Gasteiger partial charge is 0.0591 e. The summed E-state index contributed by atoms with van der Waals surface area (Å²) in [5.41, 5.74) is 2.51. The minimum Gasteiger partial charge on any atom is -0.380 e. The maximum absolute atomic E-state index is 5.57. The molecule has 0 saturated carbocycles. The summed E-state index contributed by atoms with van der Waals surface area (Å²) in [5.74, 6) is 0.723. The fourth-order valence-corrected chi connectivity index (χ4v) is 2.01. The highest BCUT2D eigenvalue weighted by atomic mass is 16.5. The van der Waals surface area contributed by atoms with Gasteiger partial charge in [0.2, 0.25) is 0 Å². The van der Waals surface area contributed by atoms with Gasteiger partial charge in [-0.1, -0.05) is 19.9 Å². The number of H-pyrrole nitrogens is 1. The Morgan fingerprint density at radius 1 is 1.21 bits per heavy atom. The Labute approximate surface area is 115 Å². The third kappa shape index (κ3) is 4.69. The quantitative estimate of drug-likeness (QED) is 0.714. The molecule has 19 heavy (non-hydrogen) atoms. The molecule has 0 atom stereocenters. The minimum atomic E-state index is 0.723. The lowest BCUT2D eigenvalue weighted by Gasteiger charge is -2.08. The minimum absolute atomic E-state index is 0.723. The molecule has 104 valence electrons. The van der Waals surface area contributed by atoms with Gasteiger partial charge in [0.25, 0.3) is 0 Å². The van der Waals surface area contributed by atoms with Gasteiger partial charge in [0.05, 0.1) is 6.61 Å². The first-order chi connectivity index (χ1) is 9.25. The van der Waals surface area contributed by atoms with Crippen LogP contribution in [-0.2, 0) is 11.3 Å². The van der Waals surface area contributed by atoms with Gasteiger partial charge in [-0.05, 0) is 41.5 Å². The van der Waals surface area contributed by atoms with E-state index >= 15 is 0 Å². The van der Waals surface area contributed by atoms with Gasteiger partial charge in [0, 0.05) is 31.4 Å². The van der Waals surface area contributed by atoms with Crippen molar-refractivity contribution in [2.45, 2.75) is 26.8 Å². The number of ether oxygens (including phenoxy) is 1. The summed E-state index contributed by atoms with van der Waals surface area (Å²) in [6.07, 6.45) is 3.12. The topological polar surface area (TPSA) is 37.0 Å². The van der Waals surface area contributed by atoms with E-state index in [4.69, 9.17) is 4.74 Å². The van der Waals surface area contributed by atoms with Crippen LogP contribution in [0.1, 0.15) is 25.8 Å². The number of fused-ring (bicyclic) bond motifs is 1. The number of hydrogen-bond acceptors (Lipinski definition) is 2. The van der Waals surface area contributed by atoms with Crippen molar-refractivity contribution >= 4 is 10.9 Å². The van der Waals surface area contributed by atoms with E-state index in [1.165, 1.54) is 16.5 Å². The predicted octanol–water partition coefficient (Wildman–Crippen LogP) is 3.32. The molecule has 0 fully saturated rings. The fourth-order valence-electron chi connectivity index (χ4n) is 2.01. The van der Waals surface area contributed by atoms with Crippen LogP contribution >= 0.6 is 0 Å². The second-order valence-electron chi connectivity index (χ2n) is 5.37. The largest absolute Gasteiger partial charge is 0.380 e. The van der Waals surface area contributed by atoms with Gasteiger partial charge in [-0.2, -0.15) is 0 Å². The van der Waals surface area contributed by atoms with E-state index < -0.39 is 0 Å². The summed E-state index contributed by atoms with van der Waals surface area (Å²) >= 11 is 0. The molecule has 2 N–H and O–H groups in total. The lowest BCUT2D eigenvalue weighted by molar-refractivity contribution is 0.125. The molecular formula is C16H24N2O. The van der Waals surface area contributed by atoms with Crippen LogP contribution in [-0.4, -0.2) is 24.7 Å². The number of rotatable bonds is 8. The molecule has 3 nitrogen and oxygen atoms in total. The third-order valence-corrected chi connectivity index (χ3v) is 3.21. The summed E-state index contributed by atoms with van der Waals surface area (Å²) in [6.45, 7) is 7.91. The number of nitrogens with one attached hydrogen (secondary N) is 2. The molecule has 0 radical (unpaired) electrons. The van der Waals surface area contributed by atoms with E-state index in [0.29, 0.717) is 0 Å². The fraction of sp³-hybridized carbons (Fsp3) is 0.500. The van der Waals surface area contributed by atoms with Crippen molar-refractivity contribution in [3.63, 3.8) is 0 Å². The summed E-state index contributed by atoms with van der Waals surface area (Å²) < 4.78 is 5.57. The van der Waals surface area contributed by atoms with Crippen LogP contribution in [0.3, 0.4) is 0 Å². The Hall–Kier alpha value is -1.32. The van der Waals surface area contributed by atoms with E-state index in [0.717, 1.165) is 38.6 Å². The predicted molar refractivity (Wildman–Crippen MR) is 80.3 cm³/mol. The van der Waals surface area contributed by atoms with E-state index in [-0.39, 0.29) is 0 Å². The maximum Gasteiger partial charge on any atom is 0.0591 e. The Morgan fingerprint density at radius 3 is 2.95 bits per heavy atom. The lowest BCUT2D eigenvalue weighted by Crippen LogP contribution is -2.19. The monoisotopic (exact) mass is 260 g/mol. The first-order valence-electron chi connectivity index (χ1n) is 7.10. The molecule has 2 rings (SSSR count). The van der Waals surface area contributed by atoms with Crippen molar-refractivity contribution in [2.75, 3.05) is 19.8 Å². The molecule has 2 aromatic rings. The van der Waals surface area contributed by atoms with Crippen LogP contribution in [0, 0.1) is 5.92 Å². The van der Waals surface area contributed by atoms with E-state index in [2.05, 4.69) is 48.4 Å². The van der Waals surface area contributed by atoms with Crippen LogP contribution in [0.2, 0.25) is 0 Å². The Kier molecular flexibility index (Phi) is 5.43. The van der Waals surface area contributed by atoms with Crippen LogP contribution < -0.4 is 5.32 Å². The molecule has 0 spiro atoms. The van der Waals surface area contributed by atoms with Crippen molar-refractivity contribution < 1.29 is 4.74 Å². The van der Waals surface area contributed by atoms with Crippen molar-refractivity contribution in [2.24, 2.45) is 5.92 Å². The molecule has 0 saturated heterocycles. The van der Waals surface area contributed by atoms with Gasteiger partial charge in [0.1, 0.15) is 0 Å². The SMILES string of the molecule is CC(C)CCOCCNCc1ccc2[nH]ccc2c1. The van der Waals surface area contributed by atoms with Crippen molar-refractivity contribution in [1.29, 1.82) is 0 Å². The second-order valence-corrected chi connectivity index (χ2v) is 5.37. The summed E-state index contributed by atoms with van der Waals surface area (Å²) in [6, 6.07) is 8.61. The van der Waals surface area contributed by atoms with Crippen LogP contribution in [0.25, 0.3) is 10.9 Å². The zero-order chi connectivity index (χ0) is 13.5. The molecule has 0 aliphatic heterocycles. The van der Waals surface area contributed by atoms with Gasteiger partial charge < -0.3 is 15.0 Å². The van der Waals surface area contributed by atoms with Crippen LogP contribution in [0.4, 0.5) is 0 Å². The standard InChI is InChI=1S/C16H24N2O/c1-13(2)6-9-19-10-8-17-12-14-3-4-16-15(11-14)5-7-18-16/h3-5,7,11,13,17-18H,6,8-10,12H2,1-2H3. The van der Waals surface area contributed by atoms with Gasteiger partial charge in [-0.15, -0.1) is 0 Å². The van der Waals surface area contributed by atoms with Crippen molar-refractivity contribution in [3.8, 4) is 0 Å². The zero-order valence-corrected chi connectivity index (χ0v) is 11.9. The molecule has 0 unspecified atom stereocenters. The number of hydrogen-bond donors (Lipinski definition) is 2. The summed E-state index contributed by atoms with van der Waals surface area (Å²) in [7, 11) is 0. The molecule has 0 bridgehead atoms. The number of benzene rings is 1. The van der Waals surface area contributed by atoms with E-state index in [1.807, 2.05) is 6.20 Å². The van der Waals surface area contributed by atoms with Crippen molar-refractivity contribution in [1.82, 2.24) is 10.3 Å². The first-order valence-corrected chi connectivity index (χ1v) is 7.10. The first kappa shape index (κ1) is 14.1. The number of aromatic nitrogens is 1. The molecule has 0 amide bonds. The molecule has 1 heterocycles. The molecule has 0 aliphatic rings. The average molecular weight is 260 g/mol. The van der Waals surface area contributed by atoms with Crippen molar-refractivity contribution in [3.05, 3.63) is 36.0 Å². The zero-order valence-electron chi connectivity index (χ0n) is 11.9. The molecule has 1 aromatic heterocycles. The van der Waals surface area contributed by atoms with E-state index in [9.17, 15) is 0 Å². The molecular weight excluding hydrogens is 236 g/mol. The second kappa shape index (κ2) is 7.31.